The number of sulfonamides is 1. The lowest BCUT2D eigenvalue weighted by atomic mass is 10.1. The second kappa shape index (κ2) is 5.96. The summed E-state index contributed by atoms with van der Waals surface area (Å²) in [6, 6.07) is 4.73. The molecular weight excluding hydrogens is 271 g/mol. The average Bonchev–Trinajstić information content (AvgIpc) is 2.39. The molecule has 5 nitrogen and oxygen atoms in total. The first-order valence-corrected chi connectivity index (χ1v) is 7.58. The maximum Gasteiger partial charge on any atom is 0.240 e. The van der Waals surface area contributed by atoms with Crippen LogP contribution in [0.1, 0.15) is 12.8 Å². The first-order chi connectivity index (χ1) is 8.97. The second-order valence-corrected chi connectivity index (χ2v) is 6.37. The quantitative estimate of drug-likeness (QED) is 0.850. The van der Waals surface area contributed by atoms with Crippen molar-refractivity contribution in [3.63, 3.8) is 0 Å². The summed E-state index contributed by atoms with van der Waals surface area (Å²) in [4.78, 5) is 0.0430. The highest BCUT2D eigenvalue weighted by Crippen LogP contribution is 2.13. The van der Waals surface area contributed by atoms with Crippen molar-refractivity contribution >= 4 is 10.0 Å². The van der Waals surface area contributed by atoms with Gasteiger partial charge in [0, 0.05) is 12.6 Å². The van der Waals surface area contributed by atoms with Crippen LogP contribution >= 0.6 is 0 Å². The first-order valence-electron chi connectivity index (χ1n) is 6.10. The molecule has 7 heteroatoms. The predicted octanol–water partition coefficient (Wildman–Crippen LogP) is 0.610. The zero-order valence-corrected chi connectivity index (χ0v) is 11.2. The molecule has 0 aliphatic carbocycles. The summed E-state index contributed by atoms with van der Waals surface area (Å²) in [5.41, 5.74) is 5.68. The van der Waals surface area contributed by atoms with E-state index in [1.807, 2.05) is 0 Å². The van der Waals surface area contributed by atoms with Gasteiger partial charge in [-0.15, -0.1) is 0 Å². The van der Waals surface area contributed by atoms with Gasteiger partial charge in [0.1, 0.15) is 5.82 Å². The van der Waals surface area contributed by atoms with Gasteiger partial charge in [-0.25, -0.2) is 17.5 Å². The van der Waals surface area contributed by atoms with Crippen LogP contribution in [-0.4, -0.2) is 33.7 Å². The standard InChI is InChI=1S/C12H17FN2O3S/c13-9-1-5-12(6-2-9)19(16,17)15-7-11-4-3-10(14)8-18-11/h1-2,5-6,10-11,15H,3-4,7-8,14H2/t10-,11+/m1/s1. The van der Waals surface area contributed by atoms with Crippen LogP contribution < -0.4 is 10.5 Å². The number of halogens is 1. The monoisotopic (exact) mass is 288 g/mol. The summed E-state index contributed by atoms with van der Waals surface area (Å²) >= 11 is 0. The molecule has 1 fully saturated rings. The molecule has 19 heavy (non-hydrogen) atoms. The van der Waals surface area contributed by atoms with Crippen LogP contribution in [0.15, 0.2) is 29.2 Å². The topological polar surface area (TPSA) is 81.4 Å². The molecule has 2 atom stereocenters. The Kier molecular flexibility index (Phi) is 4.51. The van der Waals surface area contributed by atoms with E-state index in [1.54, 1.807) is 0 Å². The van der Waals surface area contributed by atoms with Gasteiger partial charge in [0.15, 0.2) is 0 Å². The molecule has 1 aromatic carbocycles. The largest absolute Gasteiger partial charge is 0.375 e. The molecule has 1 aliphatic heterocycles. The van der Waals surface area contributed by atoms with Crippen LogP contribution in [0.4, 0.5) is 4.39 Å². The second-order valence-electron chi connectivity index (χ2n) is 4.60. The molecule has 1 aromatic rings. The van der Waals surface area contributed by atoms with Gasteiger partial charge >= 0.3 is 0 Å². The molecule has 1 aliphatic rings. The third-order valence-electron chi connectivity index (χ3n) is 3.03. The molecule has 1 heterocycles. The van der Waals surface area contributed by atoms with Crippen molar-refractivity contribution < 1.29 is 17.5 Å². The number of ether oxygens (including phenoxy) is 1. The van der Waals surface area contributed by atoms with Crippen molar-refractivity contribution in [2.24, 2.45) is 5.73 Å². The van der Waals surface area contributed by atoms with E-state index in [0.717, 1.165) is 25.0 Å². The first kappa shape index (κ1) is 14.4. The Bertz CT molecular complexity index is 510. The van der Waals surface area contributed by atoms with Gasteiger partial charge in [0.25, 0.3) is 0 Å². The van der Waals surface area contributed by atoms with E-state index in [2.05, 4.69) is 4.72 Å². The van der Waals surface area contributed by atoms with Crippen LogP contribution in [0.3, 0.4) is 0 Å². The summed E-state index contributed by atoms with van der Waals surface area (Å²) < 4.78 is 44.5. The van der Waals surface area contributed by atoms with Gasteiger partial charge in [-0.3, -0.25) is 0 Å². The molecule has 0 saturated carbocycles. The van der Waals surface area contributed by atoms with Crippen LogP contribution in [0, 0.1) is 5.82 Å². The van der Waals surface area contributed by atoms with Crippen LogP contribution in [0.25, 0.3) is 0 Å². The maximum atomic E-state index is 12.7. The number of benzene rings is 1. The van der Waals surface area contributed by atoms with Crippen molar-refractivity contribution in [1.29, 1.82) is 0 Å². The third-order valence-corrected chi connectivity index (χ3v) is 4.47. The minimum absolute atomic E-state index is 0.0324. The fraction of sp³-hybridized carbons (Fsp3) is 0.500. The summed E-state index contributed by atoms with van der Waals surface area (Å²) in [6.07, 6.45) is 1.39. The fourth-order valence-corrected chi connectivity index (χ4v) is 2.95. The highest BCUT2D eigenvalue weighted by Gasteiger charge is 2.21. The van der Waals surface area contributed by atoms with E-state index in [4.69, 9.17) is 10.5 Å². The number of hydrogen-bond donors (Lipinski definition) is 2. The molecule has 106 valence electrons. The average molecular weight is 288 g/mol. The number of nitrogens with two attached hydrogens (primary N) is 1. The lowest BCUT2D eigenvalue weighted by Gasteiger charge is -2.26. The Morgan fingerprint density at radius 2 is 2.00 bits per heavy atom. The molecule has 0 radical (unpaired) electrons. The Morgan fingerprint density at radius 1 is 1.32 bits per heavy atom. The van der Waals surface area contributed by atoms with Crippen LogP contribution in [0.2, 0.25) is 0 Å². The molecule has 0 unspecified atom stereocenters. The Morgan fingerprint density at radius 3 is 2.58 bits per heavy atom. The van der Waals surface area contributed by atoms with Crippen molar-refractivity contribution in [2.45, 2.75) is 29.9 Å². The van der Waals surface area contributed by atoms with E-state index in [1.165, 1.54) is 12.1 Å². The van der Waals surface area contributed by atoms with Gasteiger partial charge in [0.2, 0.25) is 10.0 Å². The number of rotatable bonds is 4. The van der Waals surface area contributed by atoms with E-state index in [0.29, 0.717) is 6.61 Å². The third kappa shape index (κ3) is 3.97. The molecule has 0 bridgehead atoms. The Labute approximate surface area is 112 Å². The highest BCUT2D eigenvalue weighted by atomic mass is 32.2. The predicted molar refractivity (Wildman–Crippen MR) is 68.5 cm³/mol. The molecule has 0 spiro atoms. The summed E-state index contributed by atoms with van der Waals surface area (Å²) in [5, 5.41) is 0. The lowest BCUT2D eigenvalue weighted by Crippen LogP contribution is -2.41. The van der Waals surface area contributed by atoms with E-state index < -0.39 is 15.8 Å². The normalized spacial score (nSPS) is 24.3. The molecule has 2 rings (SSSR count). The maximum absolute atomic E-state index is 12.7. The van der Waals surface area contributed by atoms with E-state index in [9.17, 15) is 12.8 Å². The smallest absolute Gasteiger partial charge is 0.240 e. The van der Waals surface area contributed by atoms with Crippen LogP contribution in [0.5, 0.6) is 0 Å². The Hall–Kier alpha value is -1.02. The molecule has 3 N–H and O–H groups in total. The molecular formula is C12H17FN2O3S. The van der Waals surface area contributed by atoms with Crippen molar-refractivity contribution in [3.8, 4) is 0 Å². The summed E-state index contributed by atoms with van der Waals surface area (Å²) in [5.74, 6) is -0.469. The lowest BCUT2D eigenvalue weighted by molar-refractivity contribution is 0.00924. The molecule has 1 saturated heterocycles. The molecule has 0 amide bonds. The van der Waals surface area contributed by atoms with Gasteiger partial charge < -0.3 is 10.5 Å². The number of nitrogens with one attached hydrogen (secondary N) is 1. The SMILES string of the molecule is N[C@@H]1CC[C@@H](CNS(=O)(=O)c2ccc(F)cc2)OC1. The van der Waals surface area contributed by atoms with Gasteiger partial charge in [0.05, 0.1) is 17.6 Å². The summed E-state index contributed by atoms with van der Waals surface area (Å²) in [6.45, 7) is 0.648. The highest BCUT2D eigenvalue weighted by molar-refractivity contribution is 7.89. The van der Waals surface area contributed by atoms with Gasteiger partial charge in [-0.05, 0) is 37.1 Å². The van der Waals surface area contributed by atoms with Crippen molar-refractivity contribution in [1.82, 2.24) is 4.72 Å². The fourth-order valence-electron chi connectivity index (χ4n) is 1.89. The minimum Gasteiger partial charge on any atom is -0.375 e. The molecule has 0 aromatic heterocycles. The van der Waals surface area contributed by atoms with Crippen molar-refractivity contribution in [2.75, 3.05) is 13.2 Å². The van der Waals surface area contributed by atoms with Gasteiger partial charge in [-0.2, -0.15) is 0 Å². The zero-order chi connectivity index (χ0) is 13.9. The number of hydrogen-bond acceptors (Lipinski definition) is 4. The zero-order valence-electron chi connectivity index (χ0n) is 10.4. The van der Waals surface area contributed by atoms with Crippen molar-refractivity contribution in [3.05, 3.63) is 30.1 Å². The minimum atomic E-state index is -3.62. The van der Waals surface area contributed by atoms with E-state index >= 15 is 0 Å². The summed E-state index contributed by atoms with van der Waals surface area (Å²) in [7, 11) is -3.62. The van der Waals surface area contributed by atoms with E-state index in [-0.39, 0.29) is 23.6 Å². The van der Waals surface area contributed by atoms with Gasteiger partial charge in [-0.1, -0.05) is 0 Å². The Balaban J connectivity index is 1.92. The van der Waals surface area contributed by atoms with Crippen LogP contribution in [-0.2, 0) is 14.8 Å².